The van der Waals surface area contributed by atoms with Gasteiger partial charge in [0.05, 0.1) is 12.2 Å². The van der Waals surface area contributed by atoms with Gasteiger partial charge in [-0.1, -0.05) is 0 Å². The third-order valence-electron chi connectivity index (χ3n) is 1.96. The molecular weight excluding hydrogens is 261 g/mol. The Labute approximate surface area is 98.6 Å². The van der Waals surface area contributed by atoms with Crippen LogP contribution in [0.5, 0.6) is 0 Å². The van der Waals surface area contributed by atoms with Gasteiger partial charge in [-0.2, -0.15) is 13.2 Å². The topological polar surface area (TPSA) is 39.2 Å². The molecule has 1 heterocycles. The maximum atomic E-state index is 12.5. The lowest BCUT2D eigenvalue weighted by Crippen LogP contribution is -2.14. The third-order valence-corrected chi connectivity index (χ3v) is 1.96. The molecule has 0 amide bonds. The fourth-order valence-electron chi connectivity index (χ4n) is 1.21. The van der Waals surface area contributed by atoms with Gasteiger partial charge in [0.25, 0.3) is 6.43 Å². The van der Waals surface area contributed by atoms with Crippen molar-refractivity contribution in [3.63, 3.8) is 0 Å². The van der Waals surface area contributed by atoms with E-state index < -0.39 is 35.4 Å². The van der Waals surface area contributed by atoms with Crippen molar-refractivity contribution >= 4 is 5.97 Å². The number of hydrogen-bond acceptors (Lipinski definition) is 3. The van der Waals surface area contributed by atoms with Crippen LogP contribution in [-0.4, -0.2) is 17.6 Å². The van der Waals surface area contributed by atoms with Crippen LogP contribution in [0, 0.1) is 0 Å². The summed E-state index contributed by atoms with van der Waals surface area (Å²) in [5, 5.41) is 0. The molecule has 100 valence electrons. The largest absolute Gasteiger partial charge is 0.461 e. The molecule has 8 heteroatoms. The lowest BCUT2D eigenvalue weighted by Gasteiger charge is -2.12. The van der Waals surface area contributed by atoms with Gasteiger partial charge in [0.15, 0.2) is 0 Å². The van der Waals surface area contributed by atoms with Crippen molar-refractivity contribution in [1.82, 2.24) is 4.98 Å². The van der Waals surface area contributed by atoms with E-state index in [4.69, 9.17) is 0 Å². The number of alkyl halides is 5. The number of halogens is 5. The number of aromatic nitrogens is 1. The molecule has 1 aromatic rings. The minimum atomic E-state index is -4.95. The van der Waals surface area contributed by atoms with Crippen LogP contribution in [0.1, 0.15) is 35.0 Å². The quantitative estimate of drug-likeness (QED) is 0.624. The van der Waals surface area contributed by atoms with E-state index in [9.17, 15) is 26.7 Å². The normalized spacial score (nSPS) is 11.7. The minimum absolute atomic E-state index is 0.0362. The maximum absolute atomic E-state index is 12.5. The second-order valence-corrected chi connectivity index (χ2v) is 3.18. The lowest BCUT2D eigenvalue weighted by atomic mass is 10.1. The maximum Gasteiger partial charge on any atom is 0.418 e. The van der Waals surface area contributed by atoms with E-state index in [1.165, 1.54) is 6.92 Å². The summed E-state index contributed by atoms with van der Waals surface area (Å²) in [6, 6.07) is 0.394. The molecule has 3 nitrogen and oxygen atoms in total. The molecule has 0 aromatic carbocycles. The van der Waals surface area contributed by atoms with Crippen molar-refractivity contribution in [2.75, 3.05) is 6.61 Å². The Hall–Kier alpha value is -1.73. The molecule has 0 radical (unpaired) electrons. The highest BCUT2D eigenvalue weighted by Gasteiger charge is 2.36. The smallest absolute Gasteiger partial charge is 0.418 e. The minimum Gasteiger partial charge on any atom is -0.461 e. The Bertz CT molecular complexity index is 444. The zero-order valence-electron chi connectivity index (χ0n) is 9.09. The Morgan fingerprint density at radius 3 is 2.50 bits per heavy atom. The van der Waals surface area contributed by atoms with Gasteiger partial charge in [0, 0.05) is 11.8 Å². The van der Waals surface area contributed by atoms with Crippen LogP contribution in [0.15, 0.2) is 12.3 Å². The van der Waals surface area contributed by atoms with Crippen LogP contribution in [0.4, 0.5) is 22.0 Å². The van der Waals surface area contributed by atoms with Crippen molar-refractivity contribution in [2.45, 2.75) is 19.5 Å². The third kappa shape index (κ3) is 3.14. The molecule has 0 N–H and O–H groups in total. The molecule has 0 atom stereocenters. The first kappa shape index (κ1) is 14.3. The van der Waals surface area contributed by atoms with Crippen LogP contribution in [-0.2, 0) is 10.9 Å². The number of ether oxygens (including phenoxy) is 1. The van der Waals surface area contributed by atoms with Gasteiger partial charge >= 0.3 is 12.1 Å². The van der Waals surface area contributed by atoms with E-state index in [1.54, 1.807) is 0 Å². The average Bonchev–Trinajstić information content (AvgIpc) is 2.27. The molecule has 0 saturated carbocycles. The number of carbonyl (C=O) groups excluding carboxylic acids is 1. The summed E-state index contributed by atoms with van der Waals surface area (Å²) in [5.74, 6) is -1.05. The van der Waals surface area contributed by atoms with Crippen LogP contribution in [0.25, 0.3) is 0 Å². The Balaban J connectivity index is 3.24. The highest BCUT2D eigenvalue weighted by Crippen LogP contribution is 2.36. The summed E-state index contributed by atoms with van der Waals surface area (Å²) in [7, 11) is 0. The number of esters is 1. The van der Waals surface area contributed by atoms with Gasteiger partial charge in [0.2, 0.25) is 0 Å². The van der Waals surface area contributed by atoms with Crippen LogP contribution < -0.4 is 0 Å². The summed E-state index contributed by atoms with van der Waals surface area (Å²) in [5.41, 5.74) is -3.44. The Morgan fingerprint density at radius 1 is 1.44 bits per heavy atom. The number of carbonyl (C=O) groups is 1. The van der Waals surface area contributed by atoms with E-state index in [0.29, 0.717) is 6.07 Å². The van der Waals surface area contributed by atoms with Gasteiger partial charge in [0.1, 0.15) is 5.69 Å². The van der Waals surface area contributed by atoms with E-state index in [2.05, 4.69) is 9.72 Å². The molecule has 0 unspecified atom stereocenters. The zero-order chi connectivity index (χ0) is 13.9. The summed E-state index contributed by atoms with van der Waals surface area (Å²) < 4.78 is 66.7. The molecule has 0 saturated heterocycles. The van der Waals surface area contributed by atoms with Gasteiger partial charge in [-0.05, 0) is 13.0 Å². The van der Waals surface area contributed by atoms with Gasteiger partial charge < -0.3 is 4.74 Å². The average molecular weight is 269 g/mol. The number of pyridine rings is 1. The van der Waals surface area contributed by atoms with E-state index in [0.717, 1.165) is 0 Å². The fourth-order valence-corrected chi connectivity index (χ4v) is 1.21. The summed E-state index contributed by atoms with van der Waals surface area (Å²) >= 11 is 0. The highest BCUT2D eigenvalue weighted by molar-refractivity contribution is 5.87. The molecule has 0 bridgehead atoms. The number of hydrogen-bond donors (Lipinski definition) is 0. The fraction of sp³-hybridized carbons (Fsp3) is 0.400. The van der Waals surface area contributed by atoms with Gasteiger partial charge in [-0.25, -0.2) is 18.6 Å². The number of nitrogens with zero attached hydrogens (tertiary/aromatic N) is 1. The van der Waals surface area contributed by atoms with Crippen LogP contribution in [0.2, 0.25) is 0 Å². The Kier molecular flexibility index (Phi) is 4.20. The van der Waals surface area contributed by atoms with Crippen molar-refractivity contribution < 1.29 is 31.5 Å². The lowest BCUT2D eigenvalue weighted by molar-refractivity contribution is -0.139. The first-order chi connectivity index (χ1) is 8.27. The highest BCUT2D eigenvalue weighted by atomic mass is 19.4. The molecule has 0 fully saturated rings. The monoisotopic (exact) mass is 269 g/mol. The Morgan fingerprint density at radius 2 is 2.06 bits per heavy atom. The molecular formula is C10H8F5NO2. The summed E-state index contributed by atoms with van der Waals surface area (Å²) in [4.78, 5) is 14.3. The second kappa shape index (κ2) is 5.28. The first-order valence-electron chi connectivity index (χ1n) is 4.79. The van der Waals surface area contributed by atoms with Crippen molar-refractivity contribution in [3.05, 3.63) is 29.1 Å². The summed E-state index contributed by atoms with van der Waals surface area (Å²) in [6.45, 7) is 1.43. The summed E-state index contributed by atoms with van der Waals surface area (Å²) in [6.07, 6.45) is -8.11. The van der Waals surface area contributed by atoms with Crippen molar-refractivity contribution in [2.24, 2.45) is 0 Å². The molecule has 1 aromatic heterocycles. The molecule has 0 aliphatic heterocycles. The second-order valence-electron chi connectivity index (χ2n) is 3.18. The van der Waals surface area contributed by atoms with Crippen LogP contribution >= 0.6 is 0 Å². The van der Waals surface area contributed by atoms with Crippen molar-refractivity contribution in [3.8, 4) is 0 Å². The van der Waals surface area contributed by atoms with Gasteiger partial charge in [-0.3, -0.25) is 0 Å². The molecule has 0 aliphatic rings. The van der Waals surface area contributed by atoms with Gasteiger partial charge in [-0.15, -0.1) is 0 Å². The zero-order valence-corrected chi connectivity index (χ0v) is 9.09. The van der Waals surface area contributed by atoms with E-state index in [1.807, 2.05) is 0 Å². The van der Waals surface area contributed by atoms with Crippen LogP contribution in [0.3, 0.4) is 0 Å². The molecule has 0 aliphatic carbocycles. The first-order valence-corrected chi connectivity index (χ1v) is 4.79. The standard InChI is InChI=1S/C10H8F5NO2/c1-2-18-9(17)7-3-5(8(11)12)6(4-16-7)10(13,14)15/h3-4,8H,2H2,1H3. The van der Waals surface area contributed by atoms with E-state index >= 15 is 0 Å². The molecule has 1 rings (SSSR count). The number of rotatable bonds is 3. The molecule has 0 spiro atoms. The molecule has 18 heavy (non-hydrogen) atoms. The SMILES string of the molecule is CCOC(=O)c1cc(C(F)F)c(C(F)(F)F)cn1. The van der Waals surface area contributed by atoms with E-state index in [-0.39, 0.29) is 12.8 Å². The predicted molar refractivity (Wildman–Crippen MR) is 50.2 cm³/mol. The predicted octanol–water partition coefficient (Wildman–Crippen LogP) is 3.21. The van der Waals surface area contributed by atoms with Crippen molar-refractivity contribution in [1.29, 1.82) is 0 Å².